The minimum atomic E-state index is 0.292. The maximum atomic E-state index is 5.54. The molecule has 0 fully saturated rings. The highest BCUT2D eigenvalue weighted by Gasteiger charge is 2.26. The van der Waals surface area contributed by atoms with Crippen molar-refractivity contribution in [3.63, 3.8) is 0 Å². The van der Waals surface area contributed by atoms with Crippen molar-refractivity contribution in [3.8, 4) is 17.2 Å². The Kier molecular flexibility index (Phi) is 3.47. The van der Waals surface area contributed by atoms with Crippen LogP contribution in [-0.4, -0.2) is 25.3 Å². The van der Waals surface area contributed by atoms with Gasteiger partial charge in [0, 0.05) is 35.6 Å². The zero-order valence-electron chi connectivity index (χ0n) is 12.8. The molecule has 2 aliphatic heterocycles. The summed E-state index contributed by atoms with van der Waals surface area (Å²) in [5, 5.41) is 2.20. The minimum absolute atomic E-state index is 0.292. The summed E-state index contributed by atoms with van der Waals surface area (Å²) in [4.78, 5) is 4.02. The van der Waals surface area contributed by atoms with E-state index in [1.54, 1.807) is 7.11 Å². The third-order valence-corrected chi connectivity index (χ3v) is 5.55. The van der Waals surface area contributed by atoms with Gasteiger partial charge in [0.15, 0.2) is 11.5 Å². The highest BCUT2D eigenvalue weighted by atomic mass is 32.1. The maximum Gasteiger partial charge on any atom is 0.231 e. The van der Waals surface area contributed by atoms with Gasteiger partial charge in [-0.1, -0.05) is 0 Å². The molecule has 5 heteroatoms. The fourth-order valence-electron chi connectivity index (χ4n) is 3.28. The van der Waals surface area contributed by atoms with E-state index in [9.17, 15) is 0 Å². The molecule has 0 amide bonds. The predicted molar refractivity (Wildman–Crippen MR) is 86.0 cm³/mol. The molecule has 116 valence electrons. The number of nitrogens with zero attached hydrogens (tertiary/aromatic N) is 1. The van der Waals surface area contributed by atoms with E-state index in [1.165, 1.54) is 10.4 Å². The molecule has 2 aliphatic rings. The highest BCUT2D eigenvalue weighted by molar-refractivity contribution is 7.10. The van der Waals surface area contributed by atoms with E-state index in [4.69, 9.17) is 14.2 Å². The van der Waals surface area contributed by atoms with Crippen molar-refractivity contribution in [1.82, 2.24) is 4.90 Å². The first-order valence-electron chi connectivity index (χ1n) is 7.53. The van der Waals surface area contributed by atoms with Crippen LogP contribution in [0.2, 0.25) is 0 Å². The summed E-state index contributed by atoms with van der Waals surface area (Å²) in [5.41, 5.74) is 2.62. The van der Waals surface area contributed by atoms with Gasteiger partial charge < -0.3 is 14.2 Å². The monoisotopic (exact) mass is 317 g/mol. The first kappa shape index (κ1) is 13.9. The first-order valence-corrected chi connectivity index (χ1v) is 8.41. The Morgan fingerprint density at radius 2 is 2.14 bits per heavy atom. The summed E-state index contributed by atoms with van der Waals surface area (Å²) < 4.78 is 16.5. The fourth-order valence-corrected chi connectivity index (χ4v) is 4.24. The van der Waals surface area contributed by atoms with Crippen LogP contribution in [0.3, 0.4) is 0 Å². The molecule has 0 unspecified atom stereocenters. The largest absolute Gasteiger partial charge is 0.496 e. The number of ether oxygens (including phenoxy) is 3. The number of methoxy groups -OCH3 is 1. The number of hydrogen-bond acceptors (Lipinski definition) is 5. The predicted octanol–water partition coefficient (Wildman–Crippen LogP) is 3.60. The molecule has 0 radical (unpaired) electrons. The second kappa shape index (κ2) is 5.48. The summed E-state index contributed by atoms with van der Waals surface area (Å²) in [6.45, 7) is 4.51. The van der Waals surface area contributed by atoms with E-state index in [2.05, 4.69) is 29.3 Å². The van der Waals surface area contributed by atoms with Crippen LogP contribution in [0.4, 0.5) is 0 Å². The molecular weight excluding hydrogens is 298 g/mol. The van der Waals surface area contributed by atoms with E-state index in [1.807, 2.05) is 17.4 Å². The topological polar surface area (TPSA) is 30.9 Å². The lowest BCUT2D eigenvalue weighted by Gasteiger charge is -2.33. The lowest BCUT2D eigenvalue weighted by atomic mass is 10.0. The van der Waals surface area contributed by atoms with Crippen molar-refractivity contribution in [1.29, 1.82) is 0 Å². The zero-order valence-corrected chi connectivity index (χ0v) is 13.6. The third kappa shape index (κ3) is 2.25. The maximum absolute atomic E-state index is 5.54. The van der Waals surface area contributed by atoms with Gasteiger partial charge >= 0.3 is 0 Å². The molecule has 0 bridgehead atoms. The van der Waals surface area contributed by atoms with Crippen molar-refractivity contribution in [2.75, 3.05) is 20.4 Å². The summed E-state index contributed by atoms with van der Waals surface area (Å²) in [7, 11) is 1.71. The molecule has 2 aromatic rings. The lowest BCUT2D eigenvalue weighted by molar-refractivity contribution is 0.173. The molecule has 0 aliphatic carbocycles. The van der Waals surface area contributed by atoms with Gasteiger partial charge in [-0.15, -0.1) is 11.3 Å². The van der Waals surface area contributed by atoms with Gasteiger partial charge in [0.05, 0.1) is 7.11 Å². The standard InChI is InChI=1S/C17H19NO3S/c1-11-13-4-6-22-17(13)3-5-18(11)9-12-7-15-16(21-10-20-15)8-14(12)19-2/h4,6-8,11H,3,5,9-10H2,1-2H3/t11-/m1/s1. The van der Waals surface area contributed by atoms with Crippen LogP contribution in [0.1, 0.15) is 29.0 Å². The third-order valence-electron chi connectivity index (χ3n) is 4.55. The Balaban J connectivity index is 1.61. The molecule has 0 saturated carbocycles. The summed E-state index contributed by atoms with van der Waals surface area (Å²) >= 11 is 1.87. The molecule has 0 saturated heterocycles. The van der Waals surface area contributed by atoms with E-state index in [0.717, 1.165) is 42.3 Å². The second-order valence-corrected chi connectivity index (χ2v) is 6.71. The molecule has 0 spiro atoms. The van der Waals surface area contributed by atoms with Crippen LogP contribution in [0.5, 0.6) is 17.2 Å². The Morgan fingerprint density at radius 3 is 2.95 bits per heavy atom. The van der Waals surface area contributed by atoms with Crippen molar-refractivity contribution >= 4 is 11.3 Å². The molecule has 4 rings (SSSR count). The van der Waals surface area contributed by atoms with Crippen LogP contribution in [-0.2, 0) is 13.0 Å². The van der Waals surface area contributed by atoms with E-state index < -0.39 is 0 Å². The van der Waals surface area contributed by atoms with Crippen molar-refractivity contribution in [3.05, 3.63) is 39.6 Å². The molecule has 3 heterocycles. The molecule has 1 aromatic carbocycles. The number of thiophene rings is 1. The molecule has 1 atom stereocenters. The second-order valence-electron chi connectivity index (χ2n) is 5.71. The quantitative estimate of drug-likeness (QED) is 0.865. The molecular formula is C17H19NO3S. The minimum Gasteiger partial charge on any atom is -0.496 e. The van der Waals surface area contributed by atoms with Gasteiger partial charge in [-0.25, -0.2) is 0 Å². The average molecular weight is 317 g/mol. The Labute approximate surface area is 134 Å². The summed E-state index contributed by atoms with van der Waals surface area (Å²) in [6.07, 6.45) is 1.13. The smallest absolute Gasteiger partial charge is 0.231 e. The van der Waals surface area contributed by atoms with Crippen molar-refractivity contribution in [2.45, 2.75) is 25.9 Å². The van der Waals surface area contributed by atoms with Gasteiger partial charge in [-0.05, 0) is 36.4 Å². The van der Waals surface area contributed by atoms with Crippen LogP contribution in [0.25, 0.3) is 0 Å². The van der Waals surface area contributed by atoms with Gasteiger partial charge in [-0.3, -0.25) is 4.90 Å². The van der Waals surface area contributed by atoms with Crippen LogP contribution in [0, 0.1) is 0 Å². The zero-order chi connectivity index (χ0) is 15.1. The number of hydrogen-bond donors (Lipinski definition) is 0. The number of benzene rings is 1. The fraction of sp³-hybridized carbons (Fsp3) is 0.412. The molecule has 22 heavy (non-hydrogen) atoms. The van der Waals surface area contributed by atoms with E-state index in [0.29, 0.717) is 12.8 Å². The van der Waals surface area contributed by atoms with E-state index in [-0.39, 0.29) is 0 Å². The first-order chi connectivity index (χ1) is 10.8. The van der Waals surface area contributed by atoms with Crippen LogP contribution < -0.4 is 14.2 Å². The molecule has 1 aromatic heterocycles. The SMILES string of the molecule is COc1cc2c(cc1CN1CCc3sccc3[C@H]1C)OCO2. The number of fused-ring (bicyclic) bond motifs is 2. The summed E-state index contributed by atoms with van der Waals surface area (Å²) in [5.74, 6) is 2.46. The summed E-state index contributed by atoms with van der Waals surface area (Å²) in [6, 6.07) is 6.68. The highest BCUT2D eigenvalue weighted by Crippen LogP contribution is 2.40. The Morgan fingerprint density at radius 1 is 1.32 bits per heavy atom. The van der Waals surface area contributed by atoms with Gasteiger partial charge in [0.2, 0.25) is 6.79 Å². The van der Waals surface area contributed by atoms with Gasteiger partial charge in [0.1, 0.15) is 5.75 Å². The van der Waals surface area contributed by atoms with Crippen LogP contribution in [0.15, 0.2) is 23.6 Å². The van der Waals surface area contributed by atoms with Gasteiger partial charge in [0.25, 0.3) is 0 Å². The number of rotatable bonds is 3. The van der Waals surface area contributed by atoms with Crippen LogP contribution >= 0.6 is 11.3 Å². The lowest BCUT2D eigenvalue weighted by Crippen LogP contribution is -2.32. The molecule has 4 nitrogen and oxygen atoms in total. The Hall–Kier alpha value is -1.72. The average Bonchev–Trinajstić information content (AvgIpc) is 3.17. The van der Waals surface area contributed by atoms with Crippen molar-refractivity contribution in [2.24, 2.45) is 0 Å². The van der Waals surface area contributed by atoms with Crippen molar-refractivity contribution < 1.29 is 14.2 Å². The van der Waals surface area contributed by atoms with E-state index >= 15 is 0 Å². The molecule has 0 N–H and O–H groups in total. The normalized spacial score (nSPS) is 20.0. The Bertz CT molecular complexity index is 697. The van der Waals surface area contributed by atoms with Gasteiger partial charge in [-0.2, -0.15) is 0 Å².